The van der Waals surface area contributed by atoms with Gasteiger partial charge in [-0.3, -0.25) is 10.00 Å². The molecule has 1 aromatic carbocycles. The summed E-state index contributed by atoms with van der Waals surface area (Å²) in [6.45, 7) is 7.41. The largest absolute Gasteiger partial charge is 0.488 e. The molecule has 0 radical (unpaired) electrons. The van der Waals surface area contributed by atoms with E-state index in [1.807, 2.05) is 12.1 Å². The SMILES string of the molecule is CC[C@H]1CN(c2cc(-c3n[nH]c4ccc(OC5(C)CC5)cc34)ncn2)CCN1C. The van der Waals surface area contributed by atoms with Crippen LogP contribution in [0.3, 0.4) is 0 Å². The van der Waals surface area contributed by atoms with Gasteiger partial charge in [0.05, 0.1) is 11.2 Å². The zero-order valence-corrected chi connectivity index (χ0v) is 17.4. The van der Waals surface area contributed by atoms with E-state index in [4.69, 9.17) is 4.74 Å². The minimum atomic E-state index is -0.00307. The third-order valence-electron chi connectivity index (χ3n) is 6.32. The first kappa shape index (κ1) is 18.4. The number of fused-ring (bicyclic) bond motifs is 1. The van der Waals surface area contributed by atoms with Crippen LogP contribution in [-0.2, 0) is 0 Å². The molecule has 0 unspecified atom stereocenters. The van der Waals surface area contributed by atoms with Crippen LogP contribution in [0.25, 0.3) is 22.3 Å². The van der Waals surface area contributed by atoms with Crippen LogP contribution in [0.1, 0.15) is 33.1 Å². The molecule has 1 aliphatic carbocycles. The monoisotopic (exact) mass is 392 g/mol. The molecule has 7 nitrogen and oxygen atoms in total. The van der Waals surface area contributed by atoms with Crippen molar-refractivity contribution in [3.63, 3.8) is 0 Å². The van der Waals surface area contributed by atoms with Gasteiger partial charge < -0.3 is 9.64 Å². The number of anilines is 1. The van der Waals surface area contributed by atoms with Crippen LogP contribution < -0.4 is 9.64 Å². The number of nitrogens with one attached hydrogen (secondary N) is 1. The summed E-state index contributed by atoms with van der Waals surface area (Å²) in [5, 5.41) is 8.71. The van der Waals surface area contributed by atoms with Crippen LogP contribution >= 0.6 is 0 Å². The van der Waals surface area contributed by atoms with E-state index < -0.39 is 0 Å². The lowest BCUT2D eigenvalue weighted by Gasteiger charge is -2.39. The van der Waals surface area contributed by atoms with Crippen molar-refractivity contribution >= 4 is 16.7 Å². The van der Waals surface area contributed by atoms with Gasteiger partial charge in [-0.05, 0) is 51.4 Å². The molecule has 7 heteroatoms. The van der Waals surface area contributed by atoms with Crippen LogP contribution in [0, 0.1) is 0 Å². The van der Waals surface area contributed by atoms with Gasteiger partial charge in [-0.25, -0.2) is 9.97 Å². The molecule has 5 rings (SSSR count). The first-order valence-corrected chi connectivity index (χ1v) is 10.5. The van der Waals surface area contributed by atoms with Gasteiger partial charge in [-0.15, -0.1) is 0 Å². The number of ether oxygens (including phenoxy) is 1. The summed E-state index contributed by atoms with van der Waals surface area (Å²) >= 11 is 0. The zero-order chi connectivity index (χ0) is 20.0. The van der Waals surface area contributed by atoms with E-state index in [1.54, 1.807) is 6.33 Å². The molecule has 1 N–H and O–H groups in total. The van der Waals surface area contributed by atoms with Crippen molar-refractivity contribution in [2.45, 2.75) is 44.8 Å². The molecule has 3 aromatic rings. The number of aromatic nitrogens is 4. The molecule has 1 atom stereocenters. The van der Waals surface area contributed by atoms with Gasteiger partial charge in [0.25, 0.3) is 0 Å². The quantitative estimate of drug-likeness (QED) is 0.717. The van der Waals surface area contributed by atoms with Crippen molar-refractivity contribution in [1.29, 1.82) is 0 Å². The zero-order valence-electron chi connectivity index (χ0n) is 17.4. The number of hydrogen-bond donors (Lipinski definition) is 1. The maximum Gasteiger partial charge on any atom is 0.132 e. The van der Waals surface area contributed by atoms with Gasteiger partial charge in [0.15, 0.2) is 0 Å². The summed E-state index contributed by atoms with van der Waals surface area (Å²) in [5.74, 6) is 1.86. The highest BCUT2D eigenvalue weighted by atomic mass is 16.5. The van der Waals surface area contributed by atoms with Crippen LogP contribution in [0.4, 0.5) is 5.82 Å². The summed E-state index contributed by atoms with van der Waals surface area (Å²) < 4.78 is 6.15. The van der Waals surface area contributed by atoms with E-state index in [0.29, 0.717) is 6.04 Å². The second-order valence-electron chi connectivity index (χ2n) is 8.58. The normalized spacial score (nSPS) is 21.5. The van der Waals surface area contributed by atoms with E-state index in [0.717, 1.165) is 72.8 Å². The molecule has 1 saturated carbocycles. The number of likely N-dealkylation sites (N-methyl/N-ethyl adjacent to an activating group) is 1. The third-order valence-corrected chi connectivity index (χ3v) is 6.32. The smallest absolute Gasteiger partial charge is 0.132 e. The Morgan fingerprint density at radius 2 is 2.07 bits per heavy atom. The highest BCUT2D eigenvalue weighted by Crippen LogP contribution is 2.40. The second kappa shape index (κ2) is 6.99. The predicted octanol–water partition coefficient (Wildman–Crippen LogP) is 3.48. The summed E-state index contributed by atoms with van der Waals surface area (Å²) in [5.41, 5.74) is 2.66. The standard InChI is InChI=1S/C22H28N6O/c1-4-15-13-28(10-9-27(15)3)20-12-19(23-14-24-20)21-17-11-16(29-22(2)7-8-22)5-6-18(17)25-26-21/h5-6,11-12,14-15H,4,7-10,13H2,1-3H3,(H,25,26)/t15-/m0/s1. The second-order valence-corrected chi connectivity index (χ2v) is 8.58. The van der Waals surface area contributed by atoms with Crippen molar-refractivity contribution in [3.05, 3.63) is 30.6 Å². The molecule has 2 aromatic heterocycles. The van der Waals surface area contributed by atoms with Crippen molar-refractivity contribution in [2.24, 2.45) is 0 Å². The maximum atomic E-state index is 6.15. The number of benzene rings is 1. The molecule has 3 heterocycles. The lowest BCUT2D eigenvalue weighted by molar-refractivity contribution is 0.200. The molecular formula is C22H28N6O. The van der Waals surface area contributed by atoms with Crippen molar-refractivity contribution in [1.82, 2.24) is 25.1 Å². The minimum Gasteiger partial charge on any atom is -0.488 e. The fourth-order valence-electron chi connectivity index (χ4n) is 4.06. The lowest BCUT2D eigenvalue weighted by Crippen LogP contribution is -2.51. The number of aromatic amines is 1. The highest BCUT2D eigenvalue weighted by Gasteiger charge is 2.40. The summed E-state index contributed by atoms with van der Waals surface area (Å²) in [6, 6.07) is 8.72. The highest BCUT2D eigenvalue weighted by molar-refractivity contribution is 5.93. The number of hydrogen-bond acceptors (Lipinski definition) is 6. The fourth-order valence-corrected chi connectivity index (χ4v) is 4.06. The number of H-pyrrole nitrogens is 1. The van der Waals surface area contributed by atoms with Crippen LogP contribution in [0.15, 0.2) is 30.6 Å². The van der Waals surface area contributed by atoms with E-state index in [1.165, 1.54) is 0 Å². The average Bonchev–Trinajstić information content (AvgIpc) is 3.31. The summed E-state index contributed by atoms with van der Waals surface area (Å²) in [7, 11) is 2.20. The Hall–Kier alpha value is -2.67. The van der Waals surface area contributed by atoms with Crippen LogP contribution in [-0.4, -0.2) is 63.4 Å². The van der Waals surface area contributed by atoms with Crippen molar-refractivity contribution < 1.29 is 4.74 Å². The van der Waals surface area contributed by atoms with Crippen LogP contribution in [0.5, 0.6) is 5.75 Å². The van der Waals surface area contributed by atoms with Crippen LogP contribution in [0.2, 0.25) is 0 Å². The molecule has 29 heavy (non-hydrogen) atoms. The Kier molecular flexibility index (Phi) is 4.42. The van der Waals surface area contributed by atoms with E-state index in [-0.39, 0.29) is 5.60 Å². The third kappa shape index (κ3) is 3.55. The Balaban J connectivity index is 1.46. The predicted molar refractivity (Wildman–Crippen MR) is 114 cm³/mol. The fraction of sp³-hybridized carbons (Fsp3) is 0.500. The Bertz CT molecular complexity index is 1030. The summed E-state index contributed by atoms with van der Waals surface area (Å²) in [6.07, 6.45) is 5.01. The first-order valence-electron chi connectivity index (χ1n) is 10.5. The molecule has 2 aliphatic rings. The molecule has 1 saturated heterocycles. The molecular weight excluding hydrogens is 364 g/mol. The van der Waals surface area contributed by atoms with Gasteiger partial charge in [-0.2, -0.15) is 5.10 Å². The Morgan fingerprint density at radius 3 is 2.86 bits per heavy atom. The van der Waals surface area contributed by atoms with E-state index >= 15 is 0 Å². The molecule has 2 fully saturated rings. The summed E-state index contributed by atoms with van der Waals surface area (Å²) in [4.78, 5) is 13.9. The average molecular weight is 393 g/mol. The molecule has 152 valence electrons. The van der Waals surface area contributed by atoms with Gasteiger partial charge in [0, 0.05) is 37.1 Å². The number of piperazine rings is 1. The molecule has 0 bridgehead atoms. The molecule has 0 amide bonds. The first-order chi connectivity index (χ1) is 14.0. The topological polar surface area (TPSA) is 70.2 Å². The van der Waals surface area contributed by atoms with Crippen molar-refractivity contribution in [2.75, 3.05) is 31.6 Å². The molecule has 0 spiro atoms. The Labute approximate surface area is 171 Å². The maximum absolute atomic E-state index is 6.15. The van der Waals surface area contributed by atoms with Gasteiger partial charge >= 0.3 is 0 Å². The van der Waals surface area contributed by atoms with E-state index in [9.17, 15) is 0 Å². The van der Waals surface area contributed by atoms with Gasteiger partial charge in [0.2, 0.25) is 0 Å². The van der Waals surface area contributed by atoms with Gasteiger partial charge in [-0.1, -0.05) is 6.92 Å². The molecule has 1 aliphatic heterocycles. The Morgan fingerprint density at radius 1 is 1.21 bits per heavy atom. The van der Waals surface area contributed by atoms with Gasteiger partial charge in [0.1, 0.15) is 29.2 Å². The minimum absolute atomic E-state index is 0.00307. The number of nitrogens with zero attached hydrogens (tertiary/aromatic N) is 5. The number of rotatable bonds is 5. The van der Waals surface area contributed by atoms with Crippen molar-refractivity contribution in [3.8, 4) is 17.1 Å². The lowest BCUT2D eigenvalue weighted by atomic mass is 10.1. The van der Waals surface area contributed by atoms with E-state index in [2.05, 4.69) is 63.0 Å².